The Morgan fingerprint density at radius 2 is 1.53 bits per heavy atom. The smallest absolute Gasteiger partial charge is 0.0345 e. The van der Waals surface area contributed by atoms with Gasteiger partial charge in [0, 0.05) is 4.70 Å². The number of aryl methyl sites for hydroxylation is 1. The van der Waals surface area contributed by atoms with Crippen molar-refractivity contribution in [1.29, 1.82) is 0 Å². The van der Waals surface area contributed by atoms with E-state index in [0.29, 0.717) is 0 Å². The number of benzene rings is 1. The average molecular weight is 274 g/mol. The highest BCUT2D eigenvalue weighted by Crippen LogP contribution is 2.27. The molecule has 0 aliphatic rings. The zero-order valence-electron chi connectivity index (χ0n) is 12.2. The molecule has 0 bridgehead atoms. The number of fused-ring (bicyclic) bond motifs is 1. The Balaban J connectivity index is 1.63. The molecule has 1 aromatic carbocycles. The Bertz CT molecular complexity index is 469. The summed E-state index contributed by atoms with van der Waals surface area (Å²) in [6.07, 6.45) is 12.5. The SMILES string of the molecule is CCCCCCCCCCc1csc2ccccc12. The zero-order valence-corrected chi connectivity index (χ0v) is 13.0. The predicted octanol–water partition coefficient (Wildman–Crippen LogP) is 6.58. The van der Waals surface area contributed by atoms with Gasteiger partial charge in [-0.2, -0.15) is 0 Å². The topological polar surface area (TPSA) is 0 Å². The molecule has 104 valence electrons. The quantitative estimate of drug-likeness (QED) is 0.453. The molecule has 0 amide bonds. The van der Waals surface area contributed by atoms with Crippen LogP contribution in [0.5, 0.6) is 0 Å². The van der Waals surface area contributed by atoms with E-state index in [2.05, 4.69) is 36.6 Å². The van der Waals surface area contributed by atoms with Crippen molar-refractivity contribution in [2.45, 2.75) is 64.7 Å². The van der Waals surface area contributed by atoms with Crippen molar-refractivity contribution >= 4 is 21.4 Å². The van der Waals surface area contributed by atoms with Crippen LogP contribution in [0.4, 0.5) is 0 Å². The second kappa shape index (κ2) is 8.37. The Kier molecular flexibility index (Phi) is 6.43. The first-order chi connectivity index (χ1) is 9.42. The van der Waals surface area contributed by atoms with Crippen LogP contribution in [0.3, 0.4) is 0 Å². The van der Waals surface area contributed by atoms with Gasteiger partial charge in [-0.3, -0.25) is 0 Å². The zero-order chi connectivity index (χ0) is 13.3. The minimum absolute atomic E-state index is 1.26. The maximum absolute atomic E-state index is 2.35. The van der Waals surface area contributed by atoms with Crippen LogP contribution in [0.1, 0.15) is 63.9 Å². The molecule has 0 spiro atoms. The standard InChI is InChI=1S/C18H26S/c1-2-3-4-5-6-7-8-9-12-16-15-19-18-14-11-10-13-17(16)18/h10-11,13-15H,2-9,12H2,1H3. The number of rotatable bonds is 9. The second-order valence-electron chi connectivity index (χ2n) is 5.48. The van der Waals surface area contributed by atoms with Gasteiger partial charge in [0.2, 0.25) is 0 Å². The van der Waals surface area contributed by atoms with E-state index in [-0.39, 0.29) is 0 Å². The van der Waals surface area contributed by atoms with Gasteiger partial charge in [0.15, 0.2) is 0 Å². The second-order valence-corrected chi connectivity index (χ2v) is 6.39. The van der Waals surface area contributed by atoms with Crippen molar-refractivity contribution < 1.29 is 0 Å². The fourth-order valence-corrected chi connectivity index (χ4v) is 3.67. The van der Waals surface area contributed by atoms with E-state index in [1.807, 2.05) is 11.3 Å². The minimum atomic E-state index is 1.26. The molecule has 0 saturated carbocycles. The van der Waals surface area contributed by atoms with Crippen LogP contribution in [0.15, 0.2) is 29.6 Å². The van der Waals surface area contributed by atoms with Gasteiger partial charge in [0.05, 0.1) is 0 Å². The van der Waals surface area contributed by atoms with Crippen LogP contribution < -0.4 is 0 Å². The maximum Gasteiger partial charge on any atom is 0.0345 e. The predicted molar refractivity (Wildman–Crippen MR) is 88.1 cm³/mol. The lowest BCUT2D eigenvalue weighted by Gasteiger charge is -2.02. The maximum atomic E-state index is 2.35. The third-order valence-corrected chi connectivity index (χ3v) is 4.87. The highest BCUT2D eigenvalue weighted by Gasteiger charge is 2.02. The van der Waals surface area contributed by atoms with E-state index in [1.54, 1.807) is 5.56 Å². The van der Waals surface area contributed by atoms with E-state index in [4.69, 9.17) is 0 Å². The molecular weight excluding hydrogens is 248 g/mol. The summed E-state index contributed by atoms with van der Waals surface area (Å²) in [4.78, 5) is 0. The lowest BCUT2D eigenvalue weighted by atomic mass is 10.0. The summed E-state index contributed by atoms with van der Waals surface area (Å²) >= 11 is 1.89. The van der Waals surface area contributed by atoms with Gasteiger partial charge in [-0.15, -0.1) is 11.3 Å². The Labute approximate surface area is 121 Å². The van der Waals surface area contributed by atoms with Crippen LogP contribution in [0.2, 0.25) is 0 Å². The highest BCUT2D eigenvalue weighted by molar-refractivity contribution is 7.17. The average Bonchev–Trinajstić information content (AvgIpc) is 2.85. The van der Waals surface area contributed by atoms with Crippen molar-refractivity contribution in [3.8, 4) is 0 Å². The molecule has 2 aromatic rings. The third kappa shape index (κ3) is 4.65. The molecule has 1 aromatic heterocycles. The Morgan fingerprint density at radius 1 is 0.842 bits per heavy atom. The molecule has 1 heteroatoms. The van der Waals surface area contributed by atoms with E-state index in [1.165, 1.54) is 67.9 Å². The number of unbranched alkanes of at least 4 members (excludes halogenated alkanes) is 7. The number of hydrogen-bond donors (Lipinski definition) is 0. The minimum Gasteiger partial charge on any atom is -0.144 e. The first-order valence-electron chi connectivity index (χ1n) is 7.87. The molecule has 19 heavy (non-hydrogen) atoms. The van der Waals surface area contributed by atoms with Crippen LogP contribution in [0.25, 0.3) is 10.1 Å². The molecule has 0 fully saturated rings. The summed E-state index contributed by atoms with van der Waals surface area (Å²) in [7, 11) is 0. The van der Waals surface area contributed by atoms with Gasteiger partial charge < -0.3 is 0 Å². The monoisotopic (exact) mass is 274 g/mol. The molecule has 0 atom stereocenters. The van der Waals surface area contributed by atoms with Crippen molar-refractivity contribution in [1.82, 2.24) is 0 Å². The van der Waals surface area contributed by atoms with Crippen LogP contribution in [0, 0.1) is 0 Å². The van der Waals surface area contributed by atoms with Crippen LogP contribution in [-0.4, -0.2) is 0 Å². The van der Waals surface area contributed by atoms with E-state index < -0.39 is 0 Å². The van der Waals surface area contributed by atoms with Gasteiger partial charge in [0.25, 0.3) is 0 Å². The van der Waals surface area contributed by atoms with Gasteiger partial charge >= 0.3 is 0 Å². The molecule has 0 N–H and O–H groups in total. The normalized spacial score (nSPS) is 11.2. The van der Waals surface area contributed by atoms with E-state index >= 15 is 0 Å². The molecular formula is C18H26S. The summed E-state index contributed by atoms with van der Waals surface area (Å²) in [6.45, 7) is 2.28. The van der Waals surface area contributed by atoms with Crippen molar-refractivity contribution in [3.05, 3.63) is 35.2 Å². The summed E-state index contributed by atoms with van der Waals surface area (Å²) < 4.78 is 1.44. The van der Waals surface area contributed by atoms with Gasteiger partial charge in [-0.05, 0) is 35.2 Å². The van der Waals surface area contributed by atoms with Gasteiger partial charge in [-0.1, -0.05) is 70.1 Å². The van der Waals surface area contributed by atoms with Crippen molar-refractivity contribution in [3.63, 3.8) is 0 Å². The lowest BCUT2D eigenvalue weighted by molar-refractivity contribution is 0.576. The van der Waals surface area contributed by atoms with Gasteiger partial charge in [-0.25, -0.2) is 0 Å². The fourth-order valence-electron chi connectivity index (χ4n) is 2.68. The molecule has 0 saturated heterocycles. The summed E-state index contributed by atoms with van der Waals surface area (Å²) in [6, 6.07) is 8.80. The molecule has 0 nitrogen and oxygen atoms in total. The molecule has 0 aliphatic carbocycles. The summed E-state index contributed by atoms with van der Waals surface area (Å²) in [5.74, 6) is 0. The third-order valence-electron chi connectivity index (χ3n) is 3.86. The lowest BCUT2D eigenvalue weighted by Crippen LogP contribution is -1.85. The molecule has 0 radical (unpaired) electrons. The number of thiophene rings is 1. The van der Waals surface area contributed by atoms with Gasteiger partial charge in [0.1, 0.15) is 0 Å². The summed E-state index contributed by atoms with van der Waals surface area (Å²) in [5, 5.41) is 3.83. The molecule has 1 heterocycles. The van der Waals surface area contributed by atoms with Crippen LogP contribution >= 0.6 is 11.3 Å². The van der Waals surface area contributed by atoms with Crippen molar-refractivity contribution in [2.24, 2.45) is 0 Å². The molecule has 2 rings (SSSR count). The molecule has 0 aliphatic heterocycles. The van der Waals surface area contributed by atoms with E-state index in [0.717, 1.165) is 0 Å². The van der Waals surface area contributed by atoms with E-state index in [9.17, 15) is 0 Å². The number of hydrogen-bond acceptors (Lipinski definition) is 1. The first kappa shape index (κ1) is 14.6. The first-order valence-corrected chi connectivity index (χ1v) is 8.75. The fraction of sp³-hybridized carbons (Fsp3) is 0.556. The van der Waals surface area contributed by atoms with Crippen molar-refractivity contribution in [2.75, 3.05) is 0 Å². The Morgan fingerprint density at radius 3 is 2.32 bits per heavy atom. The Hall–Kier alpha value is -0.820. The highest BCUT2D eigenvalue weighted by atomic mass is 32.1. The summed E-state index contributed by atoms with van der Waals surface area (Å²) in [5.41, 5.74) is 1.56. The van der Waals surface area contributed by atoms with Crippen LogP contribution in [-0.2, 0) is 6.42 Å². The largest absolute Gasteiger partial charge is 0.144 e. The molecule has 0 unspecified atom stereocenters.